The molecule has 0 bridgehead atoms. The van der Waals surface area contributed by atoms with E-state index in [9.17, 15) is 18.4 Å². The number of rotatable bonds is 4. The normalized spacial score (nSPS) is 21.6. The molecule has 0 unspecified atom stereocenters. The number of amides is 1. The van der Waals surface area contributed by atoms with Gasteiger partial charge in [0.15, 0.2) is 0 Å². The fourth-order valence-electron chi connectivity index (χ4n) is 2.34. The minimum Gasteiger partial charge on any atom is -0.494 e. The first-order valence-electron chi connectivity index (χ1n) is 6.08. The lowest BCUT2D eigenvalue weighted by Gasteiger charge is -2.16. The van der Waals surface area contributed by atoms with Crippen molar-refractivity contribution in [2.75, 3.05) is 13.2 Å². The van der Waals surface area contributed by atoms with E-state index in [1.54, 1.807) is 6.92 Å². The molecule has 1 aliphatic heterocycles. The molecule has 7 heteroatoms. The minimum atomic E-state index is -1.49. The first-order chi connectivity index (χ1) is 9.45. The van der Waals surface area contributed by atoms with E-state index >= 15 is 0 Å². The predicted molar refractivity (Wildman–Crippen MR) is 64.4 cm³/mol. The van der Waals surface area contributed by atoms with E-state index in [0.717, 1.165) is 12.1 Å². The van der Waals surface area contributed by atoms with Gasteiger partial charge in [-0.1, -0.05) is 0 Å². The summed E-state index contributed by atoms with van der Waals surface area (Å²) in [6.07, 6.45) is 0. The van der Waals surface area contributed by atoms with Gasteiger partial charge in [-0.3, -0.25) is 9.59 Å². The quantitative estimate of drug-likeness (QED) is 0.817. The number of nitrogens with one attached hydrogen (secondary N) is 1. The summed E-state index contributed by atoms with van der Waals surface area (Å²) >= 11 is 0. The molecule has 2 N–H and O–H groups in total. The number of carboxylic acids is 1. The van der Waals surface area contributed by atoms with Crippen LogP contribution in [-0.2, 0) is 9.59 Å². The number of carbonyl (C=O) groups excluding carboxylic acids is 1. The summed E-state index contributed by atoms with van der Waals surface area (Å²) in [6, 6.07) is 1.98. The molecule has 1 aliphatic rings. The van der Waals surface area contributed by atoms with Gasteiger partial charge in [0.05, 0.1) is 6.61 Å². The molecule has 1 fully saturated rings. The molecule has 108 valence electrons. The summed E-state index contributed by atoms with van der Waals surface area (Å²) in [5.41, 5.74) is -0.404. The minimum absolute atomic E-state index is 0.0235. The maximum absolute atomic E-state index is 14.0. The summed E-state index contributed by atoms with van der Waals surface area (Å²) in [5, 5.41) is 11.3. The predicted octanol–water partition coefficient (Wildman–Crippen LogP) is 1.28. The molecule has 0 spiro atoms. The van der Waals surface area contributed by atoms with Crippen LogP contribution in [0.15, 0.2) is 12.1 Å². The lowest BCUT2D eigenvalue weighted by molar-refractivity contribution is -0.145. The molecule has 20 heavy (non-hydrogen) atoms. The Labute approximate surface area is 113 Å². The molecule has 2 rings (SSSR count). The van der Waals surface area contributed by atoms with Crippen LogP contribution >= 0.6 is 0 Å². The van der Waals surface area contributed by atoms with Crippen molar-refractivity contribution in [3.63, 3.8) is 0 Å². The number of carbonyl (C=O) groups is 2. The first-order valence-corrected chi connectivity index (χ1v) is 6.08. The Morgan fingerprint density at radius 1 is 1.45 bits per heavy atom. The Balaban J connectivity index is 2.42. The second kappa shape index (κ2) is 5.44. The van der Waals surface area contributed by atoms with Crippen LogP contribution in [0.3, 0.4) is 0 Å². The number of halogens is 2. The molecule has 1 amide bonds. The highest BCUT2D eigenvalue weighted by atomic mass is 19.1. The van der Waals surface area contributed by atoms with Crippen LogP contribution in [0.2, 0.25) is 0 Å². The number of ether oxygens (including phenoxy) is 1. The SMILES string of the molecule is CCOc1cc(F)c([C@@H]2CNC(=O)[C@H]2C(=O)O)c(F)c1. The highest BCUT2D eigenvalue weighted by Crippen LogP contribution is 2.34. The fourth-order valence-corrected chi connectivity index (χ4v) is 2.34. The molecule has 0 saturated carbocycles. The number of hydrogen-bond donors (Lipinski definition) is 2. The van der Waals surface area contributed by atoms with Crippen molar-refractivity contribution >= 4 is 11.9 Å². The smallest absolute Gasteiger partial charge is 0.316 e. The summed E-state index contributed by atoms with van der Waals surface area (Å²) in [5.74, 6) is -6.52. The third-order valence-electron chi connectivity index (χ3n) is 3.18. The summed E-state index contributed by atoms with van der Waals surface area (Å²) in [4.78, 5) is 22.5. The highest BCUT2D eigenvalue weighted by molar-refractivity contribution is 5.99. The average Bonchev–Trinajstić information content (AvgIpc) is 2.70. The van der Waals surface area contributed by atoms with Crippen LogP contribution < -0.4 is 10.1 Å². The Morgan fingerprint density at radius 2 is 2.05 bits per heavy atom. The Hall–Kier alpha value is -2.18. The Morgan fingerprint density at radius 3 is 2.55 bits per heavy atom. The number of hydrogen-bond acceptors (Lipinski definition) is 3. The van der Waals surface area contributed by atoms with Crippen molar-refractivity contribution in [1.82, 2.24) is 5.32 Å². The Kier molecular flexibility index (Phi) is 3.87. The van der Waals surface area contributed by atoms with Gasteiger partial charge in [0.25, 0.3) is 0 Å². The molecule has 1 saturated heterocycles. The maximum Gasteiger partial charge on any atom is 0.316 e. The molecular weight excluding hydrogens is 272 g/mol. The van der Waals surface area contributed by atoms with Crippen LogP contribution in [0.4, 0.5) is 8.78 Å². The summed E-state index contributed by atoms with van der Waals surface area (Å²) in [7, 11) is 0. The number of benzene rings is 1. The van der Waals surface area contributed by atoms with Crippen LogP contribution in [0.1, 0.15) is 18.4 Å². The zero-order valence-electron chi connectivity index (χ0n) is 10.7. The fraction of sp³-hybridized carbons (Fsp3) is 0.385. The van der Waals surface area contributed by atoms with Crippen molar-refractivity contribution in [2.24, 2.45) is 5.92 Å². The summed E-state index contributed by atoms with van der Waals surface area (Å²) in [6.45, 7) is 1.81. The number of aliphatic carboxylic acids is 1. The first kappa shape index (κ1) is 14.2. The van der Waals surface area contributed by atoms with Crippen LogP contribution in [0.5, 0.6) is 5.75 Å². The van der Waals surface area contributed by atoms with Gasteiger partial charge in [0, 0.05) is 30.2 Å². The van der Waals surface area contributed by atoms with E-state index in [0.29, 0.717) is 0 Å². The van der Waals surface area contributed by atoms with Gasteiger partial charge in [-0.05, 0) is 6.92 Å². The van der Waals surface area contributed by atoms with Crippen LogP contribution in [-0.4, -0.2) is 30.1 Å². The molecule has 5 nitrogen and oxygen atoms in total. The van der Waals surface area contributed by atoms with Crippen molar-refractivity contribution < 1.29 is 28.2 Å². The third kappa shape index (κ3) is 2.43. The lowest BCUT2D eigenvalue weighted by Crippen LogP contribution is -2.27. The second-order valence-electron chi connectivity index (χ2n) is 4.40. The largest absolute Gasteiger partial charge is 0.494 e. The summed E-state index contributed by atoms with van der Waals surface area (Å²) < 4.78 is 33.0. The molecule has 1 aromatic carbocycles. The number of carboxylic acid groups (broad SMARTS) is 1. The van der Waals surface area contributed by atoms with E-state index in [1.807, 2.05) is 0 Å². The molecular formula is C13H13F2NO4. The topological polar surface area (TPSA) is 75.6 Å². The lowest BCUT2D eigenvalue weighted by atomic mass is 9.88. The van der Waals surface area contributed by atoms with Gasteiger partial charge in [-0.15, -0.1) is 0 Å². The molecule has 1 aromatic rings. The zero-order chi connectivity index (χ0) is 14.9. The van der Waals surface area contributed by atoms with E-state index in [1.165, 1.54) is 0 Å². The van der Waals surface area contributed by atoms with E-state index in [2.05, 4.69) is 5.32 Å². The highest BCUT2D eigenvalue weighted by Gasteiger charge is 2.43. The van der Waals surface area contributed by atoms with Crippen LogP contribution in [0, 0.1) is 17.6 Å². The molecule has 0 radical (unpaired) electrons. The van der Waals surface area contributed by atoms with Crippen LogP contribution in [0.25, 0.3) is 0 Å². The third-order valence-corrected chi connectivity index (χ3v) is 3.18. The maximum atomic E-state index is 14.0. The molecule has 0 aliphatic carbocycles. The van der Waals surface area contributed by atoms with Crippen molar-refractivity contribution in [1.29, 1.82) is 0 Å². The van der Waals surface area contributed by atoms with E-state index in [4.69, 9.17) is 9.84 Å². The van der Waals surface area contributed by atoms with Crippen molar-refractivity contribution in [2.45, 2.75) is 12.8 Å². The molecule has 1 heterocycles. The van der Waals surface area contributed by atoms with Gasteiger partial charge >= 0.3 is 5.97 Å². The monoisotopic (exact) mass is 285 g/mol. The van der Waals surface area contributed by atoms with Gasteiger partial charge in [0.1, 0.15) is 23.3 Å². The Bertz CT molecular complexity index is 538. The molecule has 2 atom stereocenters. The van der Waals surface area contributed by atoms with Crippen molar-refractivity contribution in [3.05, 3.63) is 29.3 Å². The van der Waals surface area contributed by atoms with Gasteiger partial charge < -0.3 is 15.2 Å². The standard InChI is InChI=1S/C13H13F2NO4/c1-2-20-6-3-8(14)10(9(15)4-6)7-5-16-12(17)11(7)13(18)19/h3-4,7,11H,2,5H2,1H3,(H,16,17)(H,18,19)/t7-,11-/m0/s1. The average molecular weight is 285 g/mol. The second-order valence-corrected chi connectivity index (χ2v) is 4.40. The van der Waals surface area contributed by atoms with Gasteiger partial charge in [-0.25, -0.2) is 8.78 Å². The van der Waals surface area contributed by atoms with Crippen molar-refractivity contribution in [3.8, 4) is 5.75 Å². The zero-order valence-corrected chi connectivity index (χ0v) is 10.7. The van der Waals surface area contributed by atoms with E-state index in [-0.39, 0.29) is 18.9 Å². The van der Waals surface area contributed by atoms with Gasteiger partial charge in [0.2, 0.25) is 5.91 Å². The molecule has 0 aromatic heterocycles. The van der Waals surface area contributed by atoms with E-state index < -0.39 is 40.9 Å². The van der Waals surface area contributed by atoms with Gasteiger partial charge in [-0.2, -0.15) is 0 Å².